The minimum absolute atomic E-state index is 0.0459. The first kappa shape index (κ1) is 18.8. The molecule has 3 aromatic heterocycles. The van der Waals surface area contributed by atoms with Gasteiger partial charge in [0.15, 0.2) is 18.2 Å². The van der Waals surface area contributed by atoms with Crippen molar-refractivity contribution in [2.75, 3.05) is 11.9 Å². The topological polar surface area (TPSA) is 90.8 Å². The molecule has 6 nitrogen and oxygen atoms in total. The quantitative estimate of drug-likeness (QED) is 0.341. The summed E-state index contributed by atoms with van der Waals surface area (Å²) in [5.41, 5.74) is 9.15. The first-order valence-corrected chi connectivity index (χ1v) is 10.4. The van der Waals surface area contributed by atoms with Crippen molar-refractivity contribution in [3.05, 3.63) is 75.5 Å². The highest BCUT2D eigenvalue weighted by Crippen LogP contribution is 2.34. The third-order valence-corrected chi connectivity index (χ3v) is 6.19. The van der Waals surface area contributed by atoms with E-state index in [1.807, 2.05) is 23.6 Å². The van der Waals surface area contributed by atoms with E-state index in [1.165, 1.54) is 18.0 Å². The molecule has 0 saturated heterocycles. The van der Waals surface area contributed by atoms with E-state index in [9.17, 15) is 5.21 Å². The average Bonchev–Trinajstić information content (AvgIpc) is 3.08. The Morgan fingerprint density at radius 3 is 2.64 bits per heavy atom. The standard InChI is InChI=1S/C20H18BrN5OS/c21-16-12-28-18-17(16)24-19(14-6-8-26(27)9-7-14)25-20(18)23-11-15(22)10-13-4-2-1-3-5-13/h1-9,12,15H,10-11,22H2,(H,23,24,25). The first-order valence-electron chi connectivity index (χ1n) is 8.77. The van der Waals surface area contributed by atoms with Gasteiger partial charge < -0.3 is 16.3 Å². The Bertz CT molecular complexity index is 1090. The fourth-order valence-corrected chi connectivity index (χ4v) is 4.45. The number of nitrogens with two attached hydrogens (primary N) is 1. The second kappa shape index (κ2) is 8.22. The Kier molecular flexibility index (Phi) is 5.52. The molecule has 0 bridgehead atoms. The summed E-state index contributed by atoms with van der Waals surface area (Å²) in [4.78, 5) is 9.35. The Morgan fingerprint density at radius 1 is 1.14 bits per heavy atom. The highest BCUT2D eigenvalue weighted by Gasteiger charge is 2.15. The molecule has 3 heterocycles. The van der Waals surface area contributed by atoms with Crippen molar-refractivity contribution >= 4 is 43.3 Å². The van der Waals surface area contributed by atoms with Crippen LogP contribution < -0.4 is 15.8 Å². The zero-order valence-corrected chi connectivity index (χ0v) is 17.3. The maximum absolute atomic E-state index is 11.3. The highest BCUT2D eigenvalue weighted by molar-refractivity contribution is 9.10. The van der Waals surface area contributed by atoms with Crippen LogP contribution in [0.25, 0.3) is 21.6 Å². The van der Waals surface area contributed by atoms with Gasteiger partial charge in [-0.05, 0) is 27.9 Å². The number of hydrogen-bond acceptors (Lipinski definition) is 6. The lowest BCUT2D eigenvalue weighted by Crippen LogP contribution is -2.31. The van der Waals surface area contributed by atoms with Crippen molar-refractivity contribution in [3.63, 3.8) is 0 Å². The number of nitrogens with zero attached hydrogens (tertiary/aromatic N) is 3. The van der Waals surface area contributed by atoms with Gasteiger partial charge in [-0.15, -0.1) is 11.3 Å². The average molecular weight is 456 g/mol. The number of fused-ring (bicyclic) bond motifs is 1. The number of pyridine rings is 1. The molecule has 0 radical (unpaired) electrons. The Morgan fingerprint density at radius 2 is 1.89 bits per heavy atom. The number of anilines is 1. The van der Waals surface area contributed by atoms with Gasteiger partial charge in [0, 0.05) is 35.7 Å². The van der Waals surface area contributed by atoms with Crippen LogP contribution in [0.4, 0.5) is 5.82 Å². The number of halogens is 1. The van der Waals surface area contributed by atoms with Crippen molar-refractivity contribution in [2.24, 2.45) is 5.73 Å². The zero-order valence-electron chi connectivity index (χ0n) is 14.9. The molecule has 1 unspecified atom stereocenters. The number of benzene rings is 1. The van der Waals surface area contributed by atoms with Gasteiger partial charge in [-0.3, -0.25) is 0 Å². The Hall–Kier alpha value is -2.55. The first-order chi connectivity index (χ1) is 13.6. The molecule has 0 amide bonds. The molecular formula is C20H18BrN5OS. The van der Waals surface area contributed by atoms with E-state index < -0.39 is 0 Å². The highest BCUT2D eigenvalue weighted by atomic mass is 79.9. The third-order valence-electron chi connectivity index (χ3n) is 4.30. The summed E-state index contributed by atoms with van der Waals surface area (Å²) in [7, 11) is 0. The summed E-state index contributed by atoms with van der Waals surface area (Å²) in [6.07, 6.45) is 3.66. The number of rotatable bonds is 6. The molecule has 1 aromatic carbocycles. The number of nitrogens with one attached hydrogen (secondary N) is 1. The van der Waals surface area contributed by atoms with Gasteiger partial charge in [0.05, 0.1) is 9.17 Å². The normalized spacial score (nSPS) is 12.2. The van der Waals surface area contributed by atoms with Crippen LogP contribution in [0.2, 0.25) is 0 Å². The predicted molar refractivity (Wildman–Crippen MR) is 116 cm³/mol. The van der Waals surface area contributed by atoms with Crippen LogP contribution in [-0.4, -0.2) is 22.6 Å². The maximum Gasteiger partial charge on any atom is 0.181 e. The molecule has 0 fully saturated rings. The van der Waals surface area contributed by atoms with E-state index in [2.05, 4.69) is 38.4 Å². The van der Waals surface area contributed by atoms with E-state index >= 15 is 0 Å². The van der Waals surface area contributed by atoms with Crippen LogP contribution in [0.3, 0.4) is 0 Å². The Labute approximate surface area is 174 Å². The van der Waals surface area contributed by atoms with E-state index in [4.69, 9.17) is 10.7 Å². The van der Waals surface area contributed by atoms with Crippen LogP contribution >= 0.6 is 27.3 Å². The molecule has 28 heavy (non-hydrogen) atoms. The van der Waals surface area contributed by atoms with Gasteiger partial charge in [-0.2, -0.15) is 4.73 Å². The molecule has 0 spiro atoms. The van der Waals surface area contributed by atoms with E-state index in [0.29, 0.717) is 12.4 Å². The zero-order chi connectivity index (χ0) is 19.5. The molecule has 8 heteroatoms. The van der Waals surface area contributed by atoms with Crippen molar-refractivity contribution in [3.8, 4) is 11.4 Å². The molecule has 3 N–H and O–H groups in total. The summed E-state index contributed by atoms with van der Waals surface area (Å²) < 4.78 is 2.63. The molecule has 0 aliphatic heterocycles. The molecule has 4 aromatic rings. The van der Waals surface area contributed by atoms with E-state index in [0.717, 1.165) is 37.2 Å². The summed E-state index contributed by atoms with van der Waals surface area (Å²) in [6.45, 7) is 0.589. The summed E-state index contributed by atoms with van der Waals surface area (Å²) in [5.74, 6) is 1.31. The van der Waals surface area contributed by atoms with Gasteiger partial charge in [-0.25, -0.2) is 9.97 Å². The van der Waals surface area contributed by atoms with Crippen LogP contribution in [0, 0.1) is 5.21 Å². The summed E-state index contributed by atoms with van der Waals surface area (Å²) >= 11 is 5.13. The second-order valence-electron chi connectivity index (χ2n) is 6.43. The van der Waals surface area contributed by atoms with Crippen molar-refractivity contribution in [1.29, 1.82) is 0 Å². The van der Waals surface area contributed by atoms with Crippen molar-refractivity contribution < 1.29 is 4.73 Å². The number of thiophene rings is 1. The van der Waals surface area contributed by atoms with Crippen molar-refractivity contribution in [2.45, 2.75) is 12.5 Å². The van der Waals surface area contributed by atoms with Gasteiger partial charge in [0.25, 0.3) is 0 Å². The molecule has 1 atom stereocenters. The number of hydrogen-bond donors (Lipinski definition) is 2. The van der Waals surface area contributed by atoms with Crippen LogP contribution in [0.5, 0.6) is 0 Å². The molecule has 0 aliphatic rings. The smallest absolute Gasteiger partial charge is 0.181 e. The fourth-order valence-electron chi connectivity index (χ4n) is 2.92. The van der Waals surface area contributed by atoms with Crippen molar-refractivity contribution in [1.82, 2.24) is 9.97 Å². The lowest BCUT2D eigenvalue weighted by molar-refractivity contribution is -0.605. The summed E-state index contributed by atoms with van der Waals surface area (Å²) in [5, 5.41) is 16.7. The second-order valence-corrected chi connectivity index (χ2v) is 8.17. The minimum Gasteiger partial charge on any atom is -0.619 e. The molecule has 0 aliphatic carbocycles. The van der Waals surface area contributed by atoms with E-state index in [-0.39, 0.29) is 6.04 Å². The van der Waals surface area contributed by atoms with Gasteiger partial charge in [-0.1, -0.05) is 30.3 Å². The maximum atomic E-state index is 11.3. The fraction of sp³-hybridized carbons (Fsp3) is 0.150. The minimum atomic E-state index is -0.0459. The van der Waals surface area contributed by atoms with E-state index in [1.54, 1.807) is 23.5 Å². The Balaban J connectivity index is 1.59. The third kappa shape index (κ3) is 4.14. The monoisotopic (exact) mass is 455 g/mol. The molecular weight excluding hydrogens is 438 g/mol. The van der Waals surface area contributed by atoms with Gasteiger partial charge in [0.2, 0.25) is 0 Å². The van der Waals surface area contributed by atoms with Crippen LogP contribution in [0.15, 0.2) is 64.7 Å². The molecule has 4 rings (SSSR count). The largest absolute Gasteiger partial charge is 0.619 e. The predicted octanol–water partition coefficient (Wildman–Crippen LogP) is 3.74. The van der Waals surface area contributed by atoms with Gasteiger partial charge in [0.1, 0.15) is 11.3 Å². The van der Waals surface area contributed by atoms with Gasteiger partial charge >= 0.3 is 0 Å². The lowest BCUT2D eigenvalue weighted by atomic mass is 10.1. The lowest BCUT2D eigenvalue weighted by Gasteiger charge is -2.14. The SMILES string of the molecule is NC(CNc1nc(-c2cc[n+]([O-])cc2)nc2c(Br)csc12)Cc1ccccc1. The number of aromatic nitrogens is 3. The van der Waals surface area contributed by atoms with Crippen LogP contribution in [0.1, 0.15) is 5.56 Å². The van der Waals surface area contributed by atoms with Crippen LogP contribution in [-0.2, 0) is 6.42 Å². The molecule has 0 saturated carbocycles. The molecule has 142 valence electrons. The summed E-state index contributed by atoms with van der Waals surface area (Å²) in [6, 6.07) is 13.6.